The number of hydrogen-bond donors (Lipinski definition) is 0. The van der Waals surface area contributed by atoms with Gasteiger partial charge in [-0.05, 0) is 24.6 Å². The molecule has 0 saturated carbocycles. The summed E-state index contributed by atoms with van der Waals surface area (Å²) >= 11 is 0. The summed E-state index contributed by atoms with van der Waals surface area (Å²) in [5, 5.41) is 0. The molecule has 1 fully saturated rings. The van der Waals surface area contributed by atoms with Gasteiger partial charge in [0, 0.05) is 13.1 Å². The molecule has 7 heteroatoms. The van der Waals surface area contributed by atoms with Crippen molar-refractivity contribution in [3.63, 3.8) is 0 Å². The average Bonchev–Trinajstić information content (AvgIpc) is 2.46. The second-order valence-electron chi connectivity index (χ2n) is 4.84. The summed E-state index contributed by atoms with van der Waals surface area (Å²) in [6.07, 6.45) is -4.11. The number of carbonyl (C=O) groups is 1. The molecule has 1 aromatic rings. The Morgan fingerprint density at radius 2 is 2.14 bits per heavy atom. The number of ether oxygens (including phenoxy) is 1. The van der Waals surface area contributed by atoms with Crippen molar-refractivity contribution in [2.24, 2.45) is 0 Å². The molecule has 3 nitrogen and oxygen atoms in total. The van der Waals surface area contributed by atoms with E-state index in [1.165, 1.54) is 4.90 Å². The maximum absolute atomic E-state index is 13.7. The Labute approximate surface area is 119 Å². The van der Waals surface area contributed by atoms with E-state index in [-0.39, 0.29) is 19.2 Å². The van der Waals surface area contributed by atoms with Gasteiger partial charge in [0.2, 0.25) is 0 Å². The Balaban J connectivity index is 2.26. The number of rotatable bonds is 2. The molecule has 1 unspecified atom stereocenters. The van der Waals surface area contributed by atoms with Crippen molar-refractivity contribution < 1.29 is 27.1 Å². The lowest BCUT2D eigenvalue weighted by molar-refractivity contribution is -0.137. The number of alkyl halides is 3. The first kappa shape index (κ1) is 15.8. The maximum atomic E-state index is 13.7. The Bertz CT molecular complexity index is 530. The molecule has 1 heterocycles. The number of amides is 1. The van der Waals surface area contributed by atoms with E-state index in [4.69, 9.17) is 4.74 Å². The molecule has 1 aliphatic rings. The van der Waals surface area contributed by atoms with Crippen LogP contribution in [0.15, 0.2) is 18.2 Å². The van der Waals surface area contributed by atoms with Gasteiger partial charge in [0.05, 0.1) is 23.8 Å². The molecular weight excluding hydrogens is 290 g/mol. The number of benzene rings is 1. The van der Waals surface area contributed by atoms with Crippen LogP contribution in [0.2, 0.25) is 0 Å². The lowest BCUT2D eigenvalue weighted by Crippen LogP contribution is -2.45. The predicted octanol–water partition coefficient (Wildman–Crippen LogP) is 3.10. The number of morpholine rings is 1. The van der Waals surface area contributed by atoms with Crippen molar-refractivity contribution in [2.45, 2.75) is 25.6 Å². The Hall–Kier alpha value is -1.63. The summed E-state index contributed by atoms with van der Waals surface area (Å²) in [7, 11) is 0. The highest BCUT2D eigenvalue weighted by Crippen LogP contribution is 2.30. The van der Waals surface area contributed by atoms with Crippen LogP contribution in [0.25, 0.3) is 0 Å². The molecule has 1 saturated heterocycles. The van der Waals surface area contributed by atoms with Crippen LogP contribution in [0.3, 0.4) is 0 Å². The van der Waals surface area contributed by atoms with Crippen LogP contribution in [-0.4, -0.2) is 36.6 Å². The van der Waals surface area contributed by atoms with E-state index in [1.807, 2.05) is 6.92 Å². The molecule has 1 atom stereocenters. The van der Waals surface area contributed by atoms with E-state index in [2.05, 4.69) is 0 Å². The van der Waals surface area contributed by atoms with Gasteiger partial charge in [0.1, 0.15) is 5.82 Å². The normalized spacial score (nSPS) is 19.7. The summed E-state index contributed by atoms with van der Waals surface area (Å²) in [6, 6.07) is 1.86. The van der Waals surface area contributed by atoms with Gasteiger partial charge in [0.25, 0.3) is 5.91 Å². The summed E-state index contributed by atoms with van der Waals surface area (Å²) in [4.78, 5) is 13.6. The summed E-state index contributed by atoms with van der Waals surface area (Å²) in [5.41, 5.74) is -1.59. The van der Waals surface area contributed by atoms with Gasteiger partial charge < -0.3 is 9.64 Å². The molecular formula is C14H15F4NO2. The highest BCUT2D eigenvalue weighted by Gasteiger charge is 2.33. The van der Waals surface area contributed by atoms with Crippen molar-refractivity contribution in [1.82, 2.24) is 4.90 Å². The number of nitrogens with zero attached hydrogens (tertiary/aromatic N) is 1. The van der Waals surface area contributed by atoms with E-state index in [0.717, 1.165) is 0 Å². The van der Waals surface area contributed by atoms with Gasteiger partial charge >= 0.3 is 6.18 Å². The average molecular weight is 305 g/mol. The van der Waals surface area contributed by atoms with Gasteiger partial charge in [-0.25, -0.2) is 4.39 Å². The van der Waals surface area contributed by atoms with Crippen molar-refractivity contribution in [1.29, 1.82) is 0 Å². The Morgan fingerprint density at radius 1 is 1.43 bits per heavy atom. The molecule has 0 aliphatic carbocycles. The fourth-order valence-corrected chi connectivity index (χ4v) is 2.19. The smallest absolute Gasteiger partial charge is 0.375 e. The second kappa shape index (κ2) is 6.01. The van der Waals surface area contributed by atoms with Gasteiger partial charge in [-0.1, -0.05) is 6.92 Å². The lowest BCUT2D eigenvalue weighted by Gasteiger charge is -2.32. The minimum atomic E-state index is -4.61. The number of hydrogen-bond acceptors (Lipinski definition) is 2. The third-order valence-corrected chi connectivity index (χ3v) is 3.41. The first-order chi connectivity index (χ1) is 9.82. The van der Waals surface area contributed by atoms with Crippen LogP contribution in [0.1, 0.15) is 29.3 Å². The van der Waals surface area contributed by atoms with Gasteiger partial charge in [0.15, 0.2) is 0 Å². The van der Waals surface area contributed by atoms with E-state index >= 15 is 0 Å². The first-order valence-corrected chi connectivity index (χ1v) is 6.60. The highest BCUT2D eigenvalue weighted by atomic mass is 19.4. The standard InChI is InChI=1S/C14H15F4NO2/c1-2-10-8-19(5-6-21-10)13(20)11-7-9(14(16,17)18)3-4-12(11)15/h3-4,7,10H,2,5-6,8H2,1H3. The molecule has 21 heavy (non-hydrogen) atoms. The molecule has 0 radical (unpaired) electrons. The van der Waals surface area contributed by atoms with Crippen molar-refractivity contribution >= 4 is 5.91 Å². The van der Waals surface area contributed by atoms with Crippen molar-refractivity contribution in [3.05, 3.63) is 35.1 Å². The zero-order valence-corrected chi connectivity index (χ0v) is 11.4. The zero-order chi connectivity index (χ0) is 15.6. The Kier molecular flexibility index (Phi) is 4.51. The monoisotopic (exact) mass is 305 g/mol. The molecule has 0 bridgehead atoms. The molecule has 0 aromatic heterocycles. The van der Waals surface area contributed by atoms with E-state index < -0.39 is 29.0 Å². The summed E-state index contributed by atoms with van der Waals surface area (Å²) in [5.74, 6) is -1.69. The van der Waals surface area contributed by atoms with Crippen molar-refractivity contribution in [3.8, 4) is 0 Å². The van der Waals surface area contributed by atoms with Crippen LogP contribution in [0, 0.1) is 5.82 Å². The summed E-state index contributed by atoms with van der Waals surface area (Å²) < 4.78 is 57.0. The first-order valence-electron chi connectivity index (χ1n) is 6.60. The number of carbonyl (C=O) groups excluding carboxylic acids is 1. The summed E-state index contributed by atoms with van der Waals surface area (Å²) in [6.45, 7) is 2.67. The second-order valence-corrected chi connectivity index (χ2v) is 4.84. The molecule has 116 valence electrons. The van der Waals surface area contributed by atoms with Crippen LogP contribution >= 0.6 is 0 Å². The lowest BCUT2D eigenvalue weighted by atomic mass is 10.1. The third-order valence-electron chi connectivity index (χ3n) is 3.41. The van der Waals surface area contributed by atoms with Gasteiger partial charge in [-0.3, -0.25) is 4.79 Å². The molecule has 1 aromatic carbocycles. The van der Waals surface area contributed by atoms with E-state index in [0.29, 0.717) is 31.2 Å². The fraction of sp³-hybridized carbons (Fsp3) is 0.500. The van der Waals surface area contributed by atoms with Crippen molar-refractivity contribution in [2.75, 3.05) is 19.7 Å². The van der Waals surface area contributed by atoms with Gasteiger partial charge in [-0.15, -0.1) is 0 Å². The highest BCUT2D eigenvalue weighted by molar-refractivity contribution is 5.94. The Morgan fingerprint density at radius 3 is 2.76 bits per heavy atom. The SMILES string of the molecule is CCC1CN(C(=O)c2cc(C(F)(F)F)ccc2F)CCO1. The maximum Gasteiger partial charge on any atom is 0.416 e. The third kappa shape index (κ3) is 3.53. The largest absolute Gasteiger partial charge is 0.416 e. The zero-order valence-electron chi connectivity index (χ0n) is 11.4. The van der Waals surface area contributed by atoms with E-state index in [9.17, 15) is 22.4 Å². The minimum absolute atomic E-state index is 0.170. The molecule has 0 spiro atoms. The fourth-order valence-electron chi connectivity index (χ4n) is 2.19. The minimum Gasteiger partial charge on any atom is -0.375 e. The van der Waals surface area contributed by atoms with Crippen LogP contribution < -0.4 is 0 Å². The van der Waals surface area contributed by atoms with Crippen LogP contribution in [-0.2, 0) is 10.9 Å². The van der Waals surface area contributed by atoms with Gasteiger partial charge in [-0.2, -0.15) is 13.2 Å². The predicted molar refractivity (Wildman–Crippen MR) is 67.3 cm³/mol. The molecule has 0 N–H and O–H groups in total. The van der Waals surface area contributed by atoms with E-state index in [1.54, 1.807) is 0 Å². The quantitative estimate of drug-likeness (QED) is 0.786. The molecule has 1 amide bonds. The topological polar surface area (TPSA) is 29.5 Å². The van der Waals surface area contributed by atoms with Crippen LogP contribution in [0.5, 0.6) is 0 Å². The molecule has 1 aliphatic heterocycles. The van der Waals surface area contributed by atoms with Crippen LogP contribution in [0.4, 0.5) is 17.6 Å². The molecule has 2 rings (SSSR count). The number of halogens is 4.